The number of para-hydroxylation sites is 1. The molecule has 0 saturated carbocycles. The van der Waals surface area contributed by atoms with Gasteiger partial charge in [-0.05, 0) is 55.8 Å². The quantitative estimate of drug-likeness (QED) is 0.529. The van der Waals surface area contributed by atoms with Gasteiger partial charge >= 0.3 is 0 Å². The van der Waals surface area contributed by atoms with Crippen LogP contribution in [0, 0.1) is 6.92 Å². The van der Waals surface area contributed by atoms with Crippen molar-refractivity contribution < 1.29 is 14.3 Å². The SMILES string of the molecule is CCOc1ccccc1C=CC(=O)Nc1cccc(NC(=O)c2ccccc2)c1C. The Morgan fingerprint density at radius 1 is 0.867 bits per heavy atom. The first-order chi connectivity index (χ1) is 14.6. The zero-order chi connectivity index (χ0) is 21.3. The van der Waals surface area contributed by atoms with Crippen molar-refractivity contribution in [3.8, 4) is 5.75 Å². The zero-order valence-electron chi connectivity index (χ0n) is 17.0. The van der Waals surface area contributed by atoms with E-state index in [1.165, 1.54) is 6.08 Å². The summed E-state index contributed by atoms with van der Waals surface area (Å²) < 4.78 is 5.57. The van der Waals surface area contributed by atoms with E-state index in [1.807, 2.05) is 56.3 Å². The predicted octanol–water partition coefficient (Wildman–Crippen LogP) is 5.30. The van der Waals surface area contributed by atoms with Crippen LogP contribution in [0.4, 0.5) is 11.4 Å². The van der Waals surface area contributed by atoms with Crippen molar-refractivity contribution in [2.45, 2.75) is 13.8 Å². The minimum atomic E-state index is -0.268. The summed E-state index contributed by atoms with van der Waals surface area (Å²) in [4.78, 5) is 24.9. The van der Waals surface area contributed by atoms with Crippen molar-refractivity contribution >= 4 is 29.3 Å². The molecular formula is C25H24N2O3. The number of rotatable bonds is 7. The number of amides is 2. The van der Waals surface area contributed by atoms with Gasteiger partial charge in [0.15, 0.2) is 0 Å². The largest absolute Gasteiger partial charge is 0.493 e. The maximum atomic E-state index is 12.4. The lowest BCUT2D eigenvalue weighted by Crippen LogP contribution is -2.14. The first-order valence-corrected chi connectivity index (χ1v) is 9.75. The van der Waals surface area contributed by atoms with Crippen LogP contribution in [0.3, 0.4) is 0 Å². The summed E-state index contributed by atoms with van der Waals surface area (Å²) in [5.74, 6) is 0.261. The Morgan fingerprint density at radius 2 is 1.53 bits per heavy atom. The molecule has 0 aliphatic rings. The van der Waals surface area contributed by atoms with Gasteiger partial charge in [-0.2, -0.15) is 0 Å². The van der Waals surface area contributed by atoms with Crippen LogP contribution in [0.15, 0.2) is 78.9 Å². The molecule has 5 nitrogen and oxygen atoms in total. The van der Waals surface area contributed by atoms with Crippen LogP contribution < -0.4 is 15.4 Å². The lowest BCUT2D eigenvalue weighted by Gasteiger charge is -2.13. The fraction of sp³-hybridized carbons (Fsp3) is 0.120. The lowest BCUT2D eigenvalue weighted by molar-refractivity contribution is -0.111. The normalized spacial score (nSPS) is 10.6. The molecule has 0 aromatic heterocycles. The smallest absolute Gasteiger partial charge is 0.255 e. The van der Waals surface area contributed by atoms with Gasteiger partial charge in [0, 0.05) is 28.6 Å². The van der Waals surface area contributed by atoms with Gasteiger partial charge in [-0.1, -0.05) is 42.5 Å². The number of nitrogens with one attached hydrogen (secondary N) is 2. The average Bonchev–Trinajstić information content (AvgIpc) is 2.76. The summed E-state index contributed by atoms with van der Waals surface area (Å²) in [5, 5.41) is 5.76. The Hall–Kier alpha value is -3.86. The number of benzene rings is 3. The molecule has 0 heterocycles. The van der Waals surface area contributed by atoms with Crippen LogP contribution in [0.5, 0.6) is 5.75 Å². The standard InChI is InChI=1S/C25H24N2O3/c1-3-30-23-15-8-7-10-19(23)16-17-24(28)26-21-13-9-14-22(18(21)2)27-25(29)20-11-5-4-6-12-20/h4-17H,3H2,1-2H3,(H,26,28)(H,27,29). The van der Waals surface area contributed by atoms with Crippen LogP contribution in [-0.2, 0) is 4.79 Å². The topological polar surface area (TPSA) is 67.4 Å². The Labute approximate surface area is 176 Å². The Kier molecular flexibility index (Phi) is 7.00. The number of anilines is 2. The maximum absolute atomic E-state index is 12.4. The van der Waals surface area contributed by atoms with Gasteiger partial charge < -0.3 is 15.4 Å². The summed E-state index contributed by atoms with van der Waals surface area (Å²) in [6.45, 7) is 4.32. The molecule has 3 aromatic rings. The summed E-state index contributed by atoms with van der Waals surface area (Å²) >= 11 is 0. The van der Waals surface area contributed by atoms with Crippen LogP contribution in [0.2, 0.25) is 0 Å². The number of carbonyl (C=O) groups excluding carboxylic acids is 2. The van der Waals surface area contributed by atoms with E-state index in [9.17, 15) is 9.59 Å². The molecule has 0 aliphatic heterocycles. The highest BCUT2D eigenvalue weighted by Crippen LogP contribution is 2.24. The predicted molar refractivity (Wildman–Crippen MR) is 121 cm³/mol. The highest BCUT2D eigenvalue weighted by Gasteiger charge is 2.10. The molecule has 0 fully saturated rings. The first kappa shape index (κ1) is 20.9. The van der Waals surface area contributed by atoms with Crippen LogP contribution in [0.1, 0.15) is 28.4 Å². The van der Waals surface area contributed by atoms with Gasteiger partial charge in [-0.25, -0.2) is 0 Å². The molecule has 0 atom stereocenters. The zero-order valence-corrected chi connectivity index (χ0v) is 17.0. The molecule has 3 rings (SSSR count). The molecular weight excluding hydrogens is 376 g/mol. The molecule has 30 heavy (non-hydrogen) atoms. The molecule has 2 amide bonds. The third kappa shape index (κ3) is 5.35. The highest BCUT2D eigenvalue weighted by molar-refractivity contribution is 6.06. The molecule has 5 heteroatoms. The van der Waals surface area contributed by atoms with Gasteiger partial charge in [0.25, 0.3) is 5.91 Å². The van der Waals surface area contributed by atoms with E-state index in [1.54, 1.807) is 36.4 Å². The first-order valence-electron chi connectivity index (χ1n) is 9.75. The molecule has 0 radical (unpaired) electrons. The number of ether oxygens (including phenoxy) is 1. The third-order valence-electron chi connectivity index (χ3n) is 4.51. The second kappa shape index (κ2) is 10.1. The van der Waals surface area contributed by atoms with Gasteiger partial charge in [0.2, 0.25) is 5.91 Å². The van der Waals surface area contributed by atoms with Crippen molar-refractivity contribution in [1.29, 1.82) is 0 Å². The summed E-state index contributed by atoms with van der Waals surface area (Å²) in [7, 11) is 0. The number of hydrogen-bond donors (Lipinski definition) is 2. The number of carbonyl (C=O) groups is 2. The van der Waals surface area contributed by atoms with E-state index in [0.717, 1.165) is 16.9 Å². The fourth-order valence-corrected chi connectivity index (χ4v) is 2.94. The molecule has 0 spiro atoms. The second-order valence-corrected chi connectivity index (χ2v) is 6.59. The molecule has 3 aromatic carbocycles. The second-order valence-electron chi connectivity index (χ2n) is 6.59. The van der Waals surface area contributed by atoms with E-state index in [2.05, 4.69) is 10.6 Å². The lowest BCUT2D eigenvalue weighted by atomic mass is 10.1. The van der Waals surface area contributed by atoms with E-state index >= 15 is 0 Å². The minimum absolute atomic E-state index is 0.199. The molecule has 2 N–H and O–H groups in total. The van der Waals surface area contributed by atoms with Crippen LogP contribution in [0.25, 0.3) is 6.08 Å². The van der Waals surface area contributed by atoms with Crippen molar-refractivity contribution in [2.75, 3.05) is 17.2 Å². The minimum Gasteiger partial charge on any atom is -0.493 e. The molecule has 0 bridgehead atoms. The number of hydrogen-bond acceptors (Lipinski definition) is 3. The Balaban J connectivity index is 1.70. The van der Waals surface area contributed by atoms with Gasteiger partial charge in [0.05, 0.1) is 6.61 Å². The Bertz CT molecular complexity index is 1060. The molecule has 152 valence electrons. The van der Waals surface area contributed by atoms with Gasteiger partial charge in [-0.3, -0.25) is 9.59 Å². The van der Waals surface area contributed by atoms with Gasteiger partial charge in [0.1, 0.15) is 5.75 Å². The van der Waals surface area contributed by atoms with E-state index in [0.29, 0.717) is 23.5 Å². The highest BCUT2D eigenvalue weighted by atomic mass is 16.5. The summed E-state index contributed by atoms with van der Waals surface area (Å²) in [6, 6.07) is 21.9. The molecule has 0 unspecified atom stereocenters. The molecule has 0 saturated heterocycles. The van der Waals surface area contributed by atoms with E-state index in [-0.39, 0.29) is 11.8 Å². The fourth-order valence-electron chi connectivity index (χ4n) is 2.94. The summed E-state index contributed by atoms with van der Waals surface area (Å²) in [6.07, 6.45) is 3.18. The summed E-state index contributed by atoms with van der Waals surface area (Å²) in [5.41, 5.74) is 3.46. The average molecular weight is 400 g/mol. The Morgan fingerprint density at radius 3 is 2.27 bits per heavy atom. The van der Waals surface area contributed by atoms with E-state index in [4.69, 9.17) is 4.74 Å². The van der Waals surface area contributed by atoms with Crippen LogP contribution >= 0.6 is 0 Å². The monoisotopic (exact) mass is 400 g/mol. The van der Waals surface area contributed by atoms with Gasteiger partial charge in [-0.15, -0.1) is 0 Å². The van der Waals surface area contributed by atoms with Crippen molar-refractivity contribution in [1.82, 2.24) is 0 Å². The maximum Gasteiger partial charge on any atom is 0.255 e. The molecule has 0 aliphatic carbocycles. The van der Waals surface area contributed by atoms with E-state index < -0.39 is 0 Å². The van der Waals surface area contributed by atoms with Crippen molar-refractivity contribution in [3.63, 3.8) is 0 Å². The van der Waals surface area contributed by atoms with Crippen molar-refractivity contribution in [3.05, 3.63) is 95.6 Å². The third-order valence-corrected chi connectivity index (χ3v) is 4.51. The van der Waals surface area contributed by atoms with Crippen LogP contribution in [-0.4, -0.2) is 18.4 Å². The van der Waals surface area contributed by atoms with Crippen molar-refractivity contribution in [2.24, 2.45) is 0 Å².